The number of rotatable bonds is 5. The molecule has 0 amide bonds. The molecular formula is C18H23N5O. The van der Waals surface area contributed by atoms with E-state index in [-0.39, 0.29) is 0 Å². The standard InChI is InChI=1S/C18H23N5O/c1-2-3-10-22-11-6-14(7-12-22)16-20-18(24-21-16)23-13-8-15-5-4-9-19-17(15)23/h4-5,8-9,13-14H,2-3,6-7,10-12H2,1H3. The Kier molecular flexibility index (Phi) is 4.30. The summed E-state index contributed by atoms with van der Waals surface area (Å²) in [5.74, 6) is 1.23. The van der Waals surface area contributed by atoms with Crippen LogP contribution in [0.25, 0.3) is 17.0 Å². The van der Waals surface area contributed by atoms with Gasteiger partial charge < -0.3 is 9.42 Å². The van der Waals surface area contributed by atoms with E-state index in [9.17, 15) is 0 Å². The summed E-state index contributed by atoms with van der Waals surface area (Å²) in [6, 6.07) is 6.48. The number of nitrogens with zero attached hydrogens (tertiary/aromatic N) is 5. The molecule has 24 heavy (non-hydrogen) atoms. The predicted molar refractivity (Wildman–Crippen MR) is 92.2 cm³/mol. The van der Waals surface area contributed by atoms with E-state index in [1.807, 2.05) is 29.0 Å². The molecule has 3 aromatic rings. The molecule has 0 atom stereocenters. The van der Waals surface area contributed by atoms with Crippen molar-refractivity contribution in [2.45, 2.75) is 38.5 Å². The predicted octanol–water partition coefficient (Wildman–Crippen LogP) is 3.39. The van der Waals surface area contributed by atoms with Crippen LogP contribution < -0.4 is 0 Å². The lowest BCUT2D eigenvalue weighted by atomic mass is 9.96. The van der Waals surface area contributed by atoms with Gasteiger partial charge in [-0.2, -0.15) is 4.98 Å². The molecule has 0 radical (unpaired) electrons. The second kappa shape index (κ2) is 6.73. The van der Waals surface area contributed by atoms with Gasteiger partial charge in [0.1, 0.15) is 5.65 Å². The quantitative estimate of drug-likeness (QED) is 0.719. The van der Waals surface area contributed by atoms with Crippen LogP contribution in [0.5, 0.6) is 0 Å². The molecule has 0 N–H and O–H groups in total. The highest BCUT2D eigenvalue weighted by atomic mass is 16.5. The van der Waals surface area contributed by atoms with Gasteiger partial charge in [0.05, 0.1) is 0 Å². The van der Waals surface area contributed by atoms with Gasteiger partial charge in [-0.3, -0.25) is 4.57 Å². The zero-order valence-electron chi connectivity index (χ0n) is 14.1. The summed E-state index contributed by atoms with van der Waals surface area (Å²) in [5.41, 5.74) is 0.849. The second-order valence-corrected chi connectivity index (χ2v) is 6.51. The summed E-state index contributed by atoms with van der Waals surface area (Å²) in [4.78, 5) is 11.6. The molecule has 0 aliphatic carbocycles. The number of aromatic nitrogens is 4. The lowest BCUT2D eigenvalue weighted by Gasteiger charge is -2.30. The lowest BCUT2D eigenvalue weighted by molar-refractivity contribution is 0.205. The van der Waals surface area contributed by atoms with Gasteiger partial charge in [0.2, 0.25) is 0 Å². The molecule has 0 bridgehead atoms. The van der Waals surface area contributed by atoms with Crippen molar-refractivity contribution in [1.29, 1.82) is 0 Å². The van der Waals surface area contributed by atoms with Crippen molar-refractivity contribution in [3.05, 3.63) is 36.4 Å². The summed E-state index contributed by atoms with van der Waals surface area (Å²) in [6.07, 6.45) is 8.46. The molecular weight excluding hydrogens is 302 g/mol. The van der Waals surface area contributed by atoms with Crippen molar-refractivity contribution in [2.75, 3.05) is 19.6 Å². The highest BCUT2D eigenvalue weighted by Crippen LogP contribution is 2.27. The Hall–Kier alpha value is -2.21. The topological polar surface area (TPSA) is 60.0 Å². The monoisotopic (exact) mass is 325 g/mol. The average Bonchev–Trinajstić information content (AvgIpc) is 3.27. The lowest BCUT2D eigenvalue weighted by Crippen LogP contribution is -2.33. The van der Waals surface area contributed by atoms with Crippen LogP contribution in [-0.4, -0.2) is 44.2 Å². The van der Waals surface area contributed by atoms with Gasteiger partial charge >= 0.3 is 6.01 Å². The fourth-order valence-electron chi connectivity index (χ4n) is 3.41. The van der Waals surface area contributed by atoms with Crippen LogP contribution in [-0.2, 0) is 0 Å². The van der Waals surface area contributed by atoms with E-state index in [1.165, 1.54) is 19.4 Å². The fraction of sp³-hybridized carbons (Fsp3) is 0.500. The number of piperidine rings is 1. The number of fused-ring (bicyclic) bond motifs is 1. The van der Waals surface area contributed by atoms with Crippen LogP contribution >= 0.6 is 0 Å². The Morgan fingerprint density at radius 1 is 1.25 bits per heavy atom. The van der Waals surface area contributed by atoms with Crippen LogP contribution in [0.1, 0.15) is 44.3 Å². The molecule has 6 nitrogen and oxygen atoms in total. The zero-order valence-corrected chi connectivity index (χ0v) is 14.1. The van der Waals surface area contributed by atoms with Crippen LogP contribution in [0.2, 0.25) is 0 Å². The first-order valence-electron chi connectivity index (χ1n) is 8.83. The first kappa shape index (κ1) is 15.3. The van der Waals surface area contributed by atoms with E-state index < -0.39 is 0 Å². The molecule has 1 fully saturated rings. The van der Waals surface area contributed by atoms with Crippen molar-refractivity contribution in [3.63, 3.8) is 0 Å². The Bertz CT molecular complexity index is 800. The highest BCUT2D eigenvalue weighted by molar-refractivity contribution is 5.76. The molecule has 3 aromatic heterocycles. The summed E-state index contributed by atoms with van der Waals surface area (Å²) >= 11 is 0. The van der Waals surface area contributed by atoms with E-state index >= 15 is 0 Å². The summed E-state index contributed by atoms with van der Waals surface area (Å²) in [7, 11) is 0. The molecule has 1 saturated heterocycles. The van der Waals surface area contributed by atoms with E-state index in [0.29, 0.717) is 11.9 Å². The van der Waals surface area contributed by atoms with Crippen molar-refractivity contribution in [1.82, 2.24) is 24.6 Å². The number of hydrogen-bond donors (Lipinski definition) is 0. The Balaban J connectivity index is 1.48. The third-order valence-corrected chi connectivity index (χ3v) is 4.87. The fourth-order valence-corrected chi connectivity index (χ4v) is 3.41. The SMILES string of the molecule is CCCCN1CCC(c2noc(-n3ccc4cccnc43)n2)CC1. The third kappa shape index (κ3) is 2.94. The molecule has 6 heteroatoms. The van der Waals surface area contributed by atoms with E-state index in [4.69, 9.17) is 4.52 Å². The molecule has 0 unspecified atom stereocenters. The first-order valence-corrected chi connectivity index (χ1v) is 8.83. The largest absolute Gasteiger partial charge is 0.333 e. The molecule has 0 aromatic carbocycles. The third-order valence-electron chi connectivity index (χ3n) is 4.87. The molecule has 1 aliphatic rings. The van der Waals surface area contributed by atoms with E-state index in [0.717, 1.165) is 42.8 Å². The molecule has 1 aliphatic heterocycles. The molecule has 126 valence electrons. The minimum atomic E-state index is 0.398. The average molecular weight is 325 g/mol. The Morgan fingerprint density at radius 3 is 2.96 bits per heavy atom. The van der Waals surface area contributed by atoms with Crippen molar-refractivity contribution >= 4 is 11.0 Å². The van der Waals surface area contributed by atoms with E-state index in [2.05, 4.69) is 26.9 Å². The van der Waals surface area contributed by atoms with Gasteiger partial charge in [-0.05, 0) is 57.1 Å². The number of likely N-dealkylation sites (tertiary alicyclic amines) is 1. The van der Waals surface area contributed by atoms with Crippen LogP contribution in [0.3, 0.4) is 0 Å². The normalized spacial score (nSPS) is 16.9. The molecule has 0 spiro atoms. The minimum absolute atomic E-state index is 0.398. The maximum atomic E-state index is 5.51. The maximum absolute atomic E-state index is 5.51. The van der Waals surface area contributed by atoms with Crippen LogP contribution in [0.15, 0.2) is 35.1 Å². The van der Waals surface area contributed by atoms with Gasteiger partial charge in [-0.1, -0.05) is 18.5 Å². The van der Waals surface area contributed by atoms with Crippen molar-refractivity contribution in [3.8, 4) is 6.01 Å². The molecule has 4 heterocycles. The number of pyridine rings is 1. The van der Waals surface area contributed by atoms with Crippen molar-refractivity contribution in [2.24, 2.45) is 0 Å². The van der Waals surface area contributed by atoms with Gasteiger partial charge in [-0.25, -0.2) is 4.98 Å². The molecule has 0 saturated carbocycles. The smallest absolute Gasteiger partial charge is 0.314 e. The Morgan fingerprint density at radius 2 is 2.12 bits per heavy atom. The second-order valence-electron chi connectivity index (χ2n) is 6.51. The Labute approximate surface area is 141 Å². The van der Waals surface area contributed by atoms with Crippen molar-refractivity contribution < 1.29 is 4.52 Å². The van der Waals surface area contributed by atoms with Gasteiger partial charge in [0.25, 0.3) is 0 Å². The van der Waals surface area contributed by atoms with Gasteiger partial charge in [0, 0.05) is 23.7 Å². The van der Waals surface area contributed by atoms with E-state index in [1.54, 1.807) is 6.20 Å². The maximum Gasteiger partial charge on any atom is 0.333 e. The minimum Gasteiger partial charge on any atom is -0.314 e. The first-order chi connectivity index (χ1) is 11.8. The number of hydrogen-bond acceptors (Lipinski definition) is 5. The van der Waals surface area contributed by atoms with Gasteiger partial charge in [0.15, 0.2) is 5.82 Å². The van der Waals surface area contributed by atoms with Crippen LogP contribution in [0, 0.1) is 0 Å². The summed E-state index contributed by atoms with van der Waals surface area (Å²) in [6.45, 7) is 5.71. The summed E-state index contributed by atoms with van der Waals surface area (Å²) in [5, 5.41) is 5.31. The highest BCUT2D eigenvalue weighted by Gasteiger charge is 2.25. The van der Waals surface area contributed by atoms with Gasteiger partial charge in [-0.15, -0.1) is 0 Å². The van der Waals surface area contributed by atoms with Crippen LogP contribution in [0.4, 0.5) is 0 Å². The summed E-state index contributed by atoms with van der Waals surface area (Å²) < 4.78 is 7.37. The molecule has 4 rings (SSSR count). The number of unbranched alkanes of at least 4 members (excludes halogenated alkanes) is 1. The zero-order chi connectivity index (χ0) is 16.4.